The predicted octanol–water partition coefficient (Wildman–Crippen LogP) is 3.73. The lowest BCUT2D eigenvalue weighted by molar-refractivity contribution is -0.151. The van der Waals surface area contributed by atoms with Crippen LogP contribution in [-0.2, 0) is 21.7 Å². The maximum Gasteiger partial charge on any atom is 0.285 e. The van der Waals surface area contributed by atoms with Gasteiger partial charge in [-0.2, -0.15) is 9.78 Å². The zero-order chi connectivity index (χ0) is 19.7. The Bertz CT molecular complexity index is 1120. The summed E-state index contributed by atoms with van der Waals surface area (Å²) in [5, 5.41) is 4.40. The third-order valence-corrected chi connectivity index (χ3v) is 4.53. The third kappa shape index (κ3) is 3.15. The highest BCUT2D eigenvalue weighted by atomic mass is 19.1. The van der Waals surface area contributed by atoms with Crippen molar-refractivity contribution in [3.63, 3.8) is 0 Å². The number of benzene rings is 2. The molecule has 0 aliphatic carbocycles. The summed E-state index contributed by atoms with van der Waals surface area (Å²) in [5.41, 5.74) is 1.70. The molecule has 1 aliphatic heterocycles. The minimum atomic E-state index is -1.53. The van der Waals surface area contributed by atoms with Crippen LogP contribution in [0, 0.1) is 18.6 Å². The molecule has 0 atom stereocenters. The van der Waals surface area contributed by atoms with Crippen LogP contribution in [0.3, 0.4) is 0 Å². The van der Waals surface area contributed by atoms with E-state index in [1.165, 1.54) is 35.4 Å². The molecule has 142 valence electrons. The molecule has 0 unspecified atom stereocenters. The first kappa shape index (κ1) is 17.9. The van der Waals surface area contributed by atoms with Crippen molar-refractivity contribution < 1.29 is 18.3 Å². The van der Waals surface area contributed by atoms with Gasteiger partial charge in [0.05, 0.1) is 23.4 Å². The molecule has 0 amide bonds. The van der Waals surface area contributed by atoms with E-state index in [0.29, 0.717) is 11.4 Å². The quantitative estimate of drug-likeness (QED) is 0.690. The van der Waals surface area contributed by atoms with Crippen molar-refractivity contribution in [1.29, 1.82) is 0 Å². The fraction of sp³-hybridized carbons (Fsp3) is 0.143. The highest BCUT2D eigenvalue weighted by molar-refractivity contribution is 5.39. The Morgan fingerprint density at radius 1 is 1.04 bits per heavy atom. The van der Waals surface area contributed by atoms with Gasteiger partial charge in [-0.15, -0.1) is 0 Å². The van der Waals surface area contributed by atoms with Crippen LogP contribution in [0.25, 0.3) is 5.69 Å². The van der Waals surface area contributed by atoms with E-state index >= 15 is 0 Å². The zero-order valence-corrected chi connectivity index (χ0v) is 14.9. The molecule has 3 aromatic rings. The van der Waals surface area contributed by atoms with Crippen molar-refractivity contribution in [3.05, 3.63) is 106 Å². The van der Waals surface area contributed by atoms with Gasteiger partial charge in [0, 0.05) is 12.1 Å². The molecule has 0 spiro atoms. The Hall–Kier alpha value is -3.48. The molecule has 0 fully saturated rings. The summed E-state index contributed by atoms with van der Waals surface area (Å²) < 4.78 is 40.1. The molecule has 2 aromatic carbocycles. The molecule has 0 saturated heterocycles. The van der Waals surface area contributed by atoms with Gasteiger partial charge in [0.15, 0.2) is 0 Å². The first-order valence-electron chi connectivity index (χ1n) is 8.60. The number of rotatable bonds is 4. The lowest BCUT2D eigenvalue weighted by Gasteiger charge is -2.28. The Morgan fingerprint density at radius 2 is 1.79 bits per heavy atom. The van der Waals surface area contributed by atoms with Gasteiger partial charge < -0.3 is 9.47 Å². The van der Waals surface area contributed by atoms with E-state index in [9.17, 15) is 13.6 Å². The lowest BCUT2D eigenvalue weighted by atomic mass is 9.99. The maximum atomic E-state index is 14.4. The summed E-state index contributed by atoms with van der Waals surface area (Å²) in [6, 6.07) is 13.4. The molecule has 2 heterocycles. The van der Waals surface area contributed by atoms with E-state index in [1.54, 1.807) is 6.07 Å². The van der Waals surface area contributed by atoms with Crippen LogP contribution >= 0.6 is 0 Å². The minimum absolute atomic E-state index is 0.00864. The van der Waals surface area contributed by atoms with Crippen LogP contribution in [-0.4, -0.2) is 9.78 Å². The number of halogens is 2. The average Bonchev–Trinajstić information content (AvgIpc) is 3.13. The minimum Gasteiger partial charge on any atom is -0.452 e. The van der Waals surface area contributed by atoms with Gasteiger partial charge in [-0.05, 0) is 36.8 Å². The van der Waals surface area contributed by atoms with Gasteiger partial charge in [0.25, 0.3) is 11.3 Å². The van der Waals surface area contributed by atoms with Gasteiger partial charge in [-0.25, -0.2) is 8.78 Å². The summed E-state index contributed by atoms with van der Waals surface area (Å²) in [7, 11) is 0. The normalized spacial score (nSPS) is 14.5. The lowest BCUT2D eigenvalue weighted by Crippen LogP contribution is -2.33. The Balaban J connectivity index is 1.76. The summed E-state index contributed by atoms with van der Waals surface area (Å²) in [4.78, 5) is 12.3. The second kappa shape index (κ2) is 6.92. The van der Waals surface area contributed by atoms with Crippen molar-refractivity contribution in [2.45, 2.75) is 19.1 Å². The number of ether oxygens (including phenoxy) is 2. The highest BCUT2D eigenvalue weighted by Gasteiger charge is 2.41. The van der Waals surface area contributed by atoms with Gasteiger partial charge >= 0.3 is 0 Å². The number of aryl methyl sites for hydroxylation is 1. The number of hydrogen-bond acceptors (Lipinski definition) is 4. The van der Waals surface area contributed by atoms with Crippen molar-refractivity contribution in [3.8, 4) is 5.69 Å². The fourth-order valence-electron chi connectivity index (χ4n) is 3.16. The Labute approximate surface area is 159 Å². The first-order chi connectivity index (χ1) is 13.5. The number of aromatic nitrogens is 2. The van der Waals surface area contributed by atoms with Crippen LogP contribution in [0.5, 0.6) is 0 Å². The number of hydrogen-bond donors (Lipinski definition) is 0. The Kier molecular flexibility index (Phi) is 4.43. The summed E-state index contributed by atoms with van der Waals surface area (Å²) in [6.45, 7) is 1.87. The summed E-state index contributed by atoms with van der Waals surface area (Å²) >= 11 is 0. The topological polar surface area (TPSA) is 53.4 Å². The van der Waals surface area contributed by atoms with Crippen LogP contribution in [0.4, 0.5) is 8.78 Å². The summed E-state index contributed by atoms with van der Waals surface area (Å²) in [5.74, 6) is -3.02. The monoisotopic (exact) mass is 382 g/mol. The second-order valence-electron chi connectivity index (χ2n) is 6.42. The summed E-state index contributed by atoms with van der Waals surface area (Å²) in [6.07, 6.45) is 2.59. The molecule has 4 rings (SSSR count). The number of para-hydroxylation sites is 1. The second-order valence-corrected chi connectivity index (χ2v) is 6.42. The van der Waals surface area contributed by atoms with Crippen LogP contribution in [0.15, 0.2) is 71.9 Å². The van der Waals surface area contributed by atoms with E-state index in [1.807, 2.05) is 25.1 Å². The smallest absolute Gasteiger partial charge is 0.285 e. The third-order valence-electron chi connectivity index (χ3n) is 4.53. The molecule has 0 radical (unpaired) electrons. The molecule has 1 aliphatic rings. The molecule has 0 bridgehead atoms. The van der Waals surface area contributed by atoms with Gasteiger partial charge in [0.2, 0.25) is 0 Å². The van der Waals surface area contributed by atoms with Gasteiger partial charge in [-0.3, -0.25) is 4.79 Å². The van der Waals surface area contributed by atoms with E-state index in [-0.39, 0.29) is 17.5 Å². The number of nitrogens with zero attached hydrogens (tertiary/aromatic N) is 2. The SMILES string of the molecule is Cc1ccccc1-n1nc(CC2(c3ccc(F)cc3F)OC=CO2)ccc1=O. The van der Waals surface area contributed by atoms with Crippen molar-refractivity contribution >= 4 is 0 Å². The first-order valence-corrected chi connectivity index (χ1v) is 8.60. The Morgan fingerprint density at radius 3 is 2.50 bits per heavy atom. The standard InChI is InChI=1S/C21H16F2N2O3/c1-14-4-2-3-5-19(14)25-20(26)9-7-16(24-25)13-21(27-10-11-28-21)17-8-6-15(22)12-18(17)23/h2-12H,13H2,1H3. The maximum absolute atomic E-state index is 14.4. The molecule has 0 saturated carbocycles. The molecule has 5 nitrogen and oxygen atoms in total. The van der Waals surface area contributed by atoms with E-state index in [0.717, 1.165) is 17.7 Å². The zero-order valence-electron chi connectivity index (χ0n) is 14.9. The van der Waals surface area contributed by atoms with Crippen LogP contribution < -0.4 is 5.56 Å². The van der Waals surface area contributed by atoms with E-state index < -0.39 is 17.4 Å². The van der Waals surface area contributed by atoms with E-state index in [4.69, 9.17) is 9.47 Å². The van der Waals surface area contributed by atoms with Gasteiger partial charge in [0.1, 0.15) is 24.2 Å². The van der Waals surface area contributed by atoms with Crippen molar-refractivity contribution in [2.75, 3.05) is 0 Å². The molecule has 1 aromatic heterocycles. The average molecular weight is 382 g/mol. The molecular formula is C21H16F2N2O3. The molecule has 0 N–H and O–H groups in total. The van der Waals surface area contributed by atoms with Crippen LogP contribution in [0.1, 0.15) is 16.8 Å². The molecule has 28 heavy (non-hydrogen) atoms. The molecule has 7 heteroatoms. The molecular weight excluding hydrogens is 366 g/mol. The van der Waals surface area contributed by atoms with E-state index in [2.05, 4.69) is 5.10 Å². The fourth-order valence-corrected chi connectivity index (χ4v) is 3.16. The largest absolute Gasteiger partial charge is 0.452 e. The van der Waals surface area contributed by atoms with Crippen molar-refractivity contribution in [2.24, 2.45) is 0 Å². The predicted molar refractivity (Wildman–Crippen MR) is 97.6 cm³/mol. The highest BCUT2D eigenvalue weighted by Crippen LogP contribution is 2.36. The van der Waals surface area contributed by atoms with Crippen LogP contribution in [0.2, 0.25) is 0 Å². The van der Waals surface area contributed by atoms with Crippen molar-refractivity contribution in [1.82, 2.24) is 9.78 Å². The van der Waals surface area contributed by atoms with Gasteiger partial charge in [-0.1, -0.05) is 18.2 Å².